The van der Waals surface area contributed by atoms with Crippen LogP contribution in [0.4, 0.5) is 11.4 Å². The van der Waals surface area contributed by atoms with Crippen molar-refractivity contribution in [2.75, 3.05) is 124 Å². The predicted molar refractivity (Wildman–Crippen MR) is 242 cm³/mol. The number of benzene rings is 2. The number of para-hydroxylation sites is 2. The molecule has 1 fully saturated rings. The van der Waals surface area contributed by atoms with Gasteiger partial charge in [-0.1, -0.05) is 68.5 Å². The van der Waals surface area contributed by atoms with E-state index in [0.717, 1.165) is 6.54 Å². The van der Waals surface area contributed by atoms with Gasteiger partial charge in [-0.05, 0) is 31.6 Å². The fraction of sp³-hybridized carbons (Fsp3) is 0.551. The predicted octanol–water partition coefficient (Wildman–Crippen LogP) is 5.62. The summed E-state index contributed by atoms with van der Waals surface area (Å²) in [6, 6.07) is 17.2. The quantitative estimate of drug-likeness (QED) is 0.0401. The van der Waals surface area contributed by atoms with Gasteiger partial charge < -0.3 is 47.6 Å². The fourth-order valence-electron chi connectivity index (χ4n) is 7.84. The van der Waals surface area contributed by atoms with Crippen LogP contribution in [0.3, 0.4) is 0 Å². The van der Waals surface area contributed by atoms with E-state index < -0.39 is 17.8 Å². The molecule has 0 N–H and O–H groups in total. The molecule has 3 heterocycles. The van der Waals surface area contributed by atoms with Crippen LogP contribution in [0.1, 0.15) is 58.1 Å². The molecule has 350 valence electrons. The Bertz CT molecular complexity index is 1920. The van der Waals surface area contributed by atoms with Gasteiger partial charge in [-0.25, -0.2) is 4.79 Å². The maximum atomic E-state index is 11.8. The second-order valence-corrected chi connectivity index (χ2v) is 16.3. The molecular formula is C49H68N3O12+. The van der Waals surface area contributed by atoms with Crippen molar-refractivity contribution in [3.05, 3.63) is 95.7 Å². The Morgan fingerprint density at radius 2 is 1.16 bits per heavy atom. The normalized spacial score (nSPS) is 17.2. The van der Waals surface area contributed by atoms with Crippen molar-refractivity contribution in [1.82, 2.24) is 5.06 Å². The number of carbonyl (C=O) groups is 3. The van der Waals surface area contributed by atoms with Crippen molar-refractivity contribution < 1.29 is 61.7 Å². The number of rotatable bonds is 31. The third-order valence-corrected chi connectivity index (χ3v) is 11.2. The number of hydroxylamine groups is 2. The van der Waals surface area contributed by atoms with Crippen LogP contribution >= 0.6 is 0 Å². The maximum Gasteiger partial charge on any atom is 0.335 e. The van der Waals surface area contributed by atoms with Crippen LogP contribution in [0.5, 0.6) is 0 Å². The smallest absolute Gasteiger partial charge is 0.335 e. The molecule has 2 aromatic rings. The molecule has 2 amide bonds. The zero-order valence-corrected chi connectivity index (χ0v) is 38.4. The molecule has 0 aliphatic carbocycles. The highest BCUT2D eigenvalue weighted by molar-refractivity contribution is 6.03. The van der Waals surface area contributed by atoms with Gasteiger partial charge in [0.15, 0.2) is 12.3 Å². The molecule has 0 unspecified atom stereocenters. The second-order valence-electron chi connectivity index (χ2n) is 16.3. The van der Waals surface area contributed by atoms with Crippen LogP contribution in [0.2, 0.25) is 0 Å². The van der Waals surface area contributed by atoms with Crippen LogP contribution in [-0.2, 0) is 67.9 Å². The molecule has 15 heteroatoms. The molecule has 0 saturated carbocycles. The molecule has 2 aromatic carbocycles. The molecule has 0 spiro atoms. The number of allylic oxidation sites excluding steroid dienone is 6. The third-order valence-electron chi connectivity index (χ3n) is 11.2. The summed E-state index contributed by atoms with van der Waals surface area (Å²) in [6.07, 6.45) is 10.8. The number of fused-ring (bicyclic) bond motifs is 2. The number of hydrogen-bond donors (Lipinski definition) is 0. The minimum absolute atomic E-state index is 0.0570. The van der Waals surface area contributed by atoms with E-state index in [1.807, 2.05) is 0 Å². The van der Waals surface area contributed by atoms with Gasteiger partial charge in [0, 0.05) is 61.0 Å². The zero-order chi connectivity index (χ0) is 45.6. The first kappa shape index (κ1) is 50.4. The topological polar surface area (TPSA) is 144 Å². The van der Waals surface area contributed by atoms with Crippen LogP contribution in [0.15, 0.2) is 84.6 Å². The summed E-state index contributed by atoms with van der Waals surface area (Å²) in [5.41, 5.74) is 7.06. The van der Waals surface area contributed by atoms with E-state index in [1.165, 1.54) is 33.9 Å². The van der Waals surface area contributed by atoms with Gasteiger partial charge >= 0.3 is 5.97 Å². The van der Waals surface area contributed by atoms with Gasteiger partial charge in [-0.3, -0.25) is 9.59 Å². The Balaban J connectivity index is 1.03. The van der Waals surface area contributed by atoms with Gasteiger partial charge in [0.25, 0.3) is 11.8 Å². The zero-order valence-electron chi connectivity index (χ0n) is 38.4. The Labute approximate surface area is 378 Å². The van der Waals surface area contributed by atoms with Gasteiger partial charge in [-0.15, -0.1) is 5.06 Å². The van der Waals surface area contributed by atoms with Gasteiger partial charge in [0.1, 0.15) is 6.61 Å². The lowest BCUT2D eigenvalue weighted by Gasteiger charge is -2.27. The summed E-state index contributed by atoms with van der Waals surface area (Å²) in [7, 11) is 1.66. The Morgan fingerprint density at radius 3 is 1.78 bits per heavy atom. The van der Waals surface area contributed by atoms with E-state index in [-0.39, 0.29) is 43.3 Å². The summed E-state index contributed by atoms with van der Waals surface area (Å²) in [6.45, 7) is 17.3. The summed E-state index contributed by atoms with van der Waals surface area (Å²) in [5.74, 6) is -1.71. The molecular weight excluding hydrogens is 823 g/mol. The molecule has 3 aliphatic rings. The van der Waals surface area contributed by atoms with E-state index >= 15 is 0 Å². The lowest BCUT2D eigenvalue weighted by molar-refractivity contribution is -0.442. The number of carbonyl (C=O) groups excluding carboxylic acids is 3. The Hall–Kier alpha value is -4.58. The first-order valence-electron chi connectivity index (χ1n) is 22.3. The Kier molecular flexibility index (Phi) is 20.8. The lowest BCUT2D eigenvalue weighted by Crippen LogP contribution is -2.32. The molecule has 0 radical (unpaired) electrons. The molecule has 0 aromatic heterocycles. The monoisotopic (exact) mass is 890 g/mol. The van der Waals surface area contributed by atoms with Crippen molar-refractivity contribution in [2.45, 2.75) is 57.8 Å². The molecule has 3 aliphatic heterocycles. The Morgan fingerprint density at radius 1 is 0.625 bits per heavy atom. The van der Waals surface area contributed by atoms with E-state index in [4.69, 9.17) is 42.7 Å². The first-order chi connectivity index (χ1) is 31.1. The molecule has 5 rings (SSSR count). The van der Waals surface area contributed by atoms with Crippen molar-refractivity contribution in [1.29, 1.82) is 0 Å². The standard InChI is InChI=1S/C49H68N3O12/c1-48(2)39-13-9-11-15-41(39)50(22-25-58-30-33-62-36-35-60-28-27-56-5)43(48)17-7-6-8-18-44-49(3,4)40-14-10-12-16-42(40)51(44)23-26-59-31-34-63-38-37-61-32-29-57-24-21-47(55)64-52-45(53)19-20-46(52)54/h6-18H,19-38H2,1-5H3/q+1. The number of hydrogen-bond acceptors (Lipinski definition) is 13. The van der Waals surface area contributed by atoms with E-state index in [1.54, 1.807) is 7.11 Å². The lowest BCUT2D eigenvalue weighted by atomic mass is 9.81. The van der Waals surface area contributed by atoms with Gasteiger partial charge in [0.2, 0.25) is 5.69 Å². The van der Waals surface area contributed by atoms with E-state index in [2.05, 4.69) is 116 Å². The van der Waals surface area contributed by atoms with Crippen molar-refractivity contribution in [3.8, 4) is 0 Å². The number of ether oxygens (including phenoxy) is 8. The number of amides is 2. The highest BCUT2D eigenvalue weighted by Gasteiger charge is 2.44. The highest BCUT2D eigenvalue weighted by Crippen LogP contribution is 2.47. The van der Waals surface area contributed by atoms with E-state index in [0.29, 0.717) is 97.5 Å². The largest absolute Gasteiger partial charge is 0.382 e. The average molecular weight is 891 g/mol. The van der Waals surface area contributed by atoms with Crippen LogP contribution in [0, 0.1) is 0 Å². The summed E-state index contributed by atoms with van der Waals surface area (Å²) >= 11 is 0. The molecule has 64 heavy (non-hydrogen) atoms. The number of methoxy groups -OCH3 is 1. The molecule has 15 nitrogen and oxygen atoms in total. The second kappa shape index (κ2) is 26.4. The minimum atomic E-state index is -0.695. The summed E-state index contributed by atoms with van der Waals surface area (Å²) in [4.78, 5) is 42.1. The summed E-state index contributed by atoms with van der Waals surface area (Å²) in [5, 5.41) is 0.532. The summed E-state index contributed by atoms with van der Waals surface area (Å²) < 4.78 is 47.1. The van der Waals surface area contributed by atoms with Crippen molar-refractivity contribution in [2.24, 2.45) is 0 Å². The highest BCUT2D eigenvalue weighted by atomic mass is 16.7. The van der Waals surface area contributed by atoms with Gasteiger partial charge in [-0.2, -0.15) is 4.58 Å². The molecule has 0 atom stereocenters. The number of nitrogens with zero attached hydrogens (tertiary/aromatic N) is 3. The fourth-order valence-corrected chi connectivity index (χ4v) is 7.84. The SMILES string of the molecule is COCCOCCOCCOCC[N+]1=C(\C=C/C=C\C=C2\N(CCOCCOCCOCCOCCC(=O)ON3C(=O)CCC3=O)c3ccccc3C2(C)C)C(C)(C)c2ccccc21. The number of anilines is 1. The van der Waals surface area contributed by atoms with E-state index in [9.17, 15) is 14.4 Å². The average Bonchev–Trinajstić information content (AvgIpc) is 3.80. The minimum Gasteiger partial charge on any atom is -0.382 e. The van der Waals surface area contributed by atoms with Crippen LogP contribution < -0.4 is 4.90 Å². The van der Waals surface area contributed by atoms with Crippen molar-refractivity contribution in [3.63, 3.8) is 0 Å². The van der Waals surface area contributed by atoms with Crippen LogP contribution in [-0.4, -0.2) is 152 Å². The van der Waals surface area contributed by atoms with Gasteiger partial charge in [0.05, 0.1) is 104 Å². The molecule has 0 bridgehead atoms. The molecule has 1 saturated heterocycles. The first-order valence-corrected chi connectivity index (χ1v) is 22.3. The van der Waals surface area contributed by atoms with Crippen molar-refractivity contribution >= 4 is 34.9 Å². The van der Waals surface area contributed by atoms with Crippen LogP contribution in [0.25, 0.3) is 0 Å². The maximum absolute atomic E-state index is 11.8. The third kappa shape index (κ3) is 14.5. The number of imide groups is 1.